The van der Waals surface area contributed by atoms with Crippen LogP contribution in [0.5, 0.6) is 0 Å². The van der Waals surface area contributed by atoms with Gasteiger partial charge in [-0.3, -0.25) is 4.79 Å². The maximum Gasteiger partial charge on any atom is 0.239 e. The summed E-state index contributed by atoms with van der Waals surface area (Å²) in [4.78, 5) is 20.5. The molecule has 0 bridgehead atoms. The molecule has 1 N–H and O–H groups in total. The number of amidine groups is 1. The maximum absolute atomic E-state index is 12.1. The number of aliphatic imine (C=N–C) groups is 1. The van der Waals surface area contributed by atoms with Gasteiger partial charge in [0.1, 0.15) is 0 Å². The van der Waals surface area contributed by atoms with Crippen molar-refractivity contribution in [1.29, 1.82) is 0 Å². The zero-order valence-corrected chi connectivity index (χ0v) is 13.6. The van der Waals surface area contributed by atoms with Crippen molar-refractivity contribution in [2.45, 2.75) is 11.7 Å². The molecule has 0 radical (unpaired) electrons. The third-order valence-corrected chi connectivity index (χ3v) is 4.74. The number of rotatable bonds is 3. The van der Waals surface area contributed by atoms with E-state index in [-0.39, 0.29) is 11.2 Å². The maximum atomic E-state index is 12.1. The molecular weight excluding hydrogens is 341 g/mol. The second kappa shape index (κ2) is 6.69. The Kier molecular flexibility index (Phi) is 4.66. The second-order valence-corrected chi connectivity index (χ2v) is 6.68. The lowest BCUT2D eigenvalue weighted by atomic mass is 10.1. The summed E-state index contributed by atoms with van der Waals surface area (Å²) in [5.41, 5.74) is 0.848. The van der Waals surface area contributed by atoms with E-state index in [0.29, 0.717) is 27.5 Å². The molecule has 1 saturated heterocycles. The van der Waals surface area contributed by atoms with E-state index in [9.17, 15) is 4.79 Å². The number of carbonyl (C=O) groups is 1. The van der Waals surface area contributed by atoms with E-state index in [1.807, 2.05) is 12.1 Å². The summed E-state index contributed by atoms with van der Waals surface area (Å²) in [7, 11) is 0. The van der Waals surface area contributed by atoms with Gasteiger partial charge in [-0.15, -0.1) is 0 Å². The fraction of sp³-hybridized carbons (Fsp3) is 0.133. The molecule has 1 fully saturated rings. The zero-order chi connectivity index (χ0) is 15.5. The molecule has 0 saturated carbocycles. The van der Waals surface area contributed by atoms with Crippen LogP contribution in [0.2, 0.25) is 10.0 Å². The minimum absolute atomic E-state index is 0.0873. The molecule has 112 valence electrons. The van der Waals surface area contributed by atoms with E-state index in [2.05, 4.69) is 15.3 Å². The highest BCUT2D eigenvalue weighted by Gasteiger charge is 2.31. The lowest BCUT2D eigenvalue weighted by molar-refractivity contribution is -0.118. The fourth-order valence-corrected chi connectivity index (χ4v) is 3.41. The molecule has 2 aromatic rings. The van der Waals surface area contributed by atoms with Gasteiger partial charge in [-0.05, 0) is 42.3 Å². The summed E-state index contributed by atoms with van der Waals surface area (Å²) in [6.07, 6.45) is 2.15. The van der Waals surface area contributed by atoms with Gasteiger partial charge in [0.15, 0.2) is 11.0 Å². The lowest BCUT2D eigenvalue weighted by Gasteiger charge is -2.07. The van der Waals surface area contributed by atoms with E-state index < -0.39 is 0 Å². The fourth-order valence-electron chi connectivity index (χ4n) is 2.02. The average molecular weight is 352 g/mol. The average Bonchev–Trinajstić information content (AvgIpc) is 2.84. The number of pyridine rings is 1. The molecule has 1 atom stereocenters. The third-order valence-electron chi connectivity index (χ3n) is 3.05. The van der Waals surface area contributed by atoms with Gasteiger partial charge < -0.3 is 5.32 Å². The Morgan fingerprint density at radius 3 is 2.91 bits per heavy atom. The van der Waals surface area contributed by atoms with Crippen molar-refractivity contribution in [3.63, 3.8) is 0 Å². The molecule has 0 unspecified atom stereocenters. The molecule has 1 aromatic heterocycles. The number of nitrogens with one attached hydrogen (secondary N) is 1. The van der Waals surface area contributed by atoms with Crippen LogP contribution < -0.4 is 5.32 Å². The van der Waals surface area contributed by atoms with E-state index in [4.69, 9.17) is 23.2 Å². The first-order valence-electron chi connectivity index (χ1n) is 6.53. The van der Waals surface area contributed by atoms with E-state index >= 15 is 0 Å². The Bertz CT molecular complexity index is 737. The predicted octanol–water partition coefficient (Wildman–Crippen LogP) is 3.85. The molecule has 22 heavy (non-hydrogen) atoms. The Hall–Kier alpha value is -1.56. The number of hydrogen-bond donors (Lipinski definition) is 1. The quantitative estimate of drug-likeness (QED) is 0.913. The van der Waals surface area contributed by atoms with Gasteiger partial charge in [0, 0.05) is 16.2 Å². The number of thioether (sulfide) groups is 1. The van der Waals surface area contributed by atoms with Gasteiger partial charge >= 0.3 is 0 Å². The summed E-state index contributed by atoms with van der Waals surface area (Å²) in [5.74, 6) is 0.475. The zero-order valence-electron chi connectivity index (χ0n) is 11.3. The molecule has 4 nitrogen and oxygen atoms in total. The molecule has 1 amide bonds. The van der Waals surface area contributed by atoms with Gasteiger partial charge in [0.2, 0.25) is 5.91 Å². The number of hydrogen-bond acceptors (Lipinski definition) is 4. The van der Waals surface area contributed by atoms with Gasteiger partial charge in [0.05, 0.1) is 5.25 Å². The van der Waals surface area contributed by atoms with Crippen LogP contribution in [0.3, 0.4) is 0 Å². The number of amides is 1. The largest absolute Gasteiger partial charge is 0.304 e. The normalized spacial score (nSPS) is 19.5. The van der Waals surface area contributed by atoms with E-state index in [1.54, 1.807) is 30.5 Å². The highest BCUT2D eigenvalue weighted by molar-refractivity contribution is 8.15. The second-order valence-electron chi connectivity index (χ2n) is 4.64. The molecule has 1 aliphatic rings. The minimum Gasteiger partial charge on any atom is -0.304 e. The molecule has 0 aliphatic carbocycles. The third kappa shape index (κ3) is 3.61. The van der Waals surface area contributed by atoms with Crippen molar-refractivity contribution >= 4 is 51.9 Å². The molecular formula is C15H11Cl2N3OS. The van der Waals surface area contributed by atoms with E-state index in [0.717, 1.165) is 5.56 Å². The number of benzene rings is 1. The van der Waals surface area contributed by atoms with Crippen molar-refractivity contribution in [1.82, 2.24) is 10.3 Å². The Morgan fingerprint density at radius 2 is 2.14 bits per heavy atom. The number of halogens is 2. The number of carbonyl (C=O) groups excluding carboxylic acids is 1. The van der Waals surface area contributed by atoms with Gasteiger partial charge in [-0.1, -0.05) is 41.0 Å². The topological polar surface area (TPSA) is 54.4 Å². The molecule has 1 aromatic carbocycles. The minimum atomic E-state index is -0.279. The Balaban J connectivity index is 1.75. The van der Waals surface area contributed by atoms with Crippen LogP contribution in [0, 0.1) is 0 Å². The van der Waals surface area contributed by atoms with Crippen molar-refractivity contribution in [3.05, 3.63) is 58.2 Å². The monoisotopic (exact) mass is 351 g/mol. The van der Waals surface area contributed by atoms with Gasteiger partial charge in [0.25, 0.3) is 0 Å². The highest BCUT2D eigenvalue weighted by atomic mass is 35.5. The smallest absolute Gasteiger partial charge is 0.239 e. The Morgan fingerprint density at radius 1 is 1.27 bits per heavy atom. The molecule has 0 spiro atoms. The summed E-state index contributed by atoms with van der Waals surface area (Å²) in [6.45, 7) is 0. The van der Waals surface area contributed by atoms with Crippen LogP contribution in [0.25, 0.3) is 0 Å². The van der Waals surface area contributed by atoms with Gasteiger partial charge in [-0.2, -0.15) is 0 Å². The van der Waals surface area contributed by atoms with Crippen LogP contribution >= 0.6 is 35.0 Å². The van der Waals surface area contributed by atoms with Crippen LogP contribution in [0.15, 0.2) is 47.6 Å². The Labute approximate surface area is 141 Å². The first-order valence-corrected chi connectivity index (χ1v) is 8.16. The number of nitrogens with zero attached hydrogens (tertiary/aromatic N) is 2. The van der Waals surface area contributed by atoms with Gasteiger partial charge in [-0.25, -0.2) is 9.98 Å². The summed E-state index contributed by atoms with van der Waals surface area (Å²) in [6, 6.07) is 10.7. The first-order chi connectivity index (χ1) is 10.6. The van der Waals surface area contributed by atoms with Crippen LogP contribution in [-0.4, -0.2) is 21.3 Å². The standard InChI is InChI=1S/C15H11Cl2N3OS/c16-10-4-5-11(17)9(7-10)8-12-14(21)20-15(22-12)19-13-3-1-2-6-18-13/h1-7,12H,8H2,(H,18,19,20,21)/t12-/m0/s1. The van der Waals surface area contributed by atoms with Crippen molar-refractivity contribution in [2.24, 2.45) is 4.99 Å². The summed E-state index contributed by atoms with van der Waals surface area (Å²) >= 11 is 13.5. The SMILES string of the molecule is O=C1N/C(=N\c2ccccn2)S[C@H]1Cc1cc(Cl)ccc1Cl. The molecule has 1 aliphatic heterocycles. The predicted molar refractivity (Wildman–Crippen MR) is 91.0 cm³/mol. The van der Waals surface area contributed by atoms with Crippen molar-refractivity contribution in [3.8, 4) is 0 Å². The summed E-state index contributed by atoms with van der Waals surface area (Å²) in [5, 5.41) is 4.24. The molecule has 2 heterocycles. The van der Waals surface area contributed by atoms with Crippen LogP contribution in [-0.2, 0) is 11.2 Å². The highest BCUT2D eigenvalue weighted by Crippen LogP contribution is 2.29. The van der Waals surface area contributed by atoms with E-state index in [1.165, 1.54) is 11.8 Å². The van der Waals surface area contributed by atoms with Crippen LogP contribution in [0.1, 0.15) is 5.56 Å². The lowest BCUT2D eigenvalue weighted by Crippen LogP contribution is -2.26. The first kappa shape index (κ1) is 15.3. The summed E-state index contributed by atoms with van der Waals surface area (Å²) < 4.78 is 0. The van der Waals surface area contributed by atoms with Crippen LogP contribution in [0.4, 0.5) is 5.82 Å². The van der Waals surface area contributed by atoms with Crippen molar-refractivity contribution < 1.29 is 4.79 Å². The molecule has 7 heteroatoms. The molecule has 3 rings (SSSR count). The van der Waals surface area contributed by atoms with Crippen molar-refractivity contribution in [2.75, 3.05) is 0 Å². The number of aromatic nitrogens is 1.